The number of hydrogen-bond acceptors (Lipinski definition) is 9. The van der Waals surface area contributed by atoms with E-state index in [1.54, 1.807) is 60.7 Å². The number of rotatable bonds is 7. The average Bonchev–Trinajstić information content (AvgIpc) is 2.74. The van der Waals surface area contributed by atoms with Gasteiger partial charge in [0.15, 0.2) is 0 Å². The summed E-state index contributed by atoms with van der Waals surface area (Å²) in [7, 11) is 0. The Bertz CT molecular complexity index is 1160. The van der Waals surface area contributed by atoms with E-state index in [0.29, 0.717) is 11.1 Å². The summed E-state index contributed by atoms with van der Waals surface area (Å²) in [6.07, 6.45) is 0. The summed E-state index contributed by atoms with van der Waals surface area (Å²) in [6, 6.07) is 16.0. The summed E-state index contributed by atoms with van der Waals surface area (Å²) in [4.78, 5) is 44.7. The number of nitro groups is 4. The van der Waals surface area contributed by atoms with Gasteiger partial charge in [-0.2, -0.15) is 0 Å². The van der Waals surface area contributed by atoms with Crippen molar-refractivity contribution in [2.75, 3.05) is 0 Å². The SMILES string of the molecule is O=[N+]([O-])c1nc(C(c2ccccc2)c2ccccc2)c([N+](=O)[O-])c([N+](=O)[O-])c1[N+](=O)[O-]. The van der Waals surface area contributed by atoms with Gasteiger partial charge in [0.05, 0.1) is 20.7 Å². The zero-order valence-corrected chi connectivity index (χ0v) is 15.4. The van der Waals surface area contributed by atoms with Crippen LogP contribution in [-0.2, 0) is 0 Å². The average molecular weight is 425 g/mol. The number of hydrogen-bond donors (Lipinski definition) is 0. The Kier molecular flexibility index (Phi) is 5.59. The highest BCUT2D eigenvalue weighted by molar-refractivity contribution is 5.75. The van der Waals surface area contributed by atoms with Crippen LogP contribution in [0.15, 0.2) is 60.7 Å². The molecule has 0 aliphatic heterocycles. The summed E-state index contributed by atoms with van der Waals surface area (Å²) < 4.78 is 0. The van der Waals surface area contributed by atoms with Crippen LogP contribution in [0.1, 0.15) is 22.7 Å². The van der Waals surface area contributed by atoms with Gasteiger partial charge in [0, 0.05) is 0 Å². The van der Waals surface area contributed by atoms with Crippen LogP contribution in [0.5, 0.6) is 0 Å². The molecule has 1 heterocycles. The third-order valence-corrected chi connectivity index (χ3v) is 4.39. The van der Waals surface area contributed by atoms with E-state index in [2.05, 4.69) is 4.98 Å². The Morgan fingerprint density at radius 1 is 0.581 bits per heavy atom. The van der Waals surface area contributed by atoms with Crippen LogP contribution in [-0.4, -0.2) is 24.7 Å². The summed E-state index contributed by atoms with van der Waals surface area (Å²) in [6.45, 7) is 0. The molecule has 3 aromatic rings. The van der Waals surface area contributed by atoms with Gasteiger partial charge in [-0.3, -0.25) is 30.3 Å². The van der Waals surface area contributed by atoms with Crippen molar-refractivity contribution >= 4 is 22.9 Å². The second-order valence-corrected chi connectivity index (χ2v) is 6.15. The van der Waals surface area contributed by atoms with E-state index in [4.69, 9.17) is 0 Å². The molecular weight excluding hydrogens is 414 g/mol. The smallest absolute Gasteiger partial charge is 0.358 e. The molecule has 0 saturated heterocycles. The van der Waals surface area contributed by atoms with Gasteiger partial charge in [0.1, 0.15) is 0 Å². The minimum absolute atomic E-state index is 0.391. The third-order valence-electron chi connectivity index (χ3n) is 4.39. The lowest BCUT2D eigenvalue weighted by Crippen LogP contribution is -2.14. The molecule has 0 atom stereocenters. The van der Waals surface area contributed by atoms with Gasteiger partial charge in [-0.05, 0) is 21.0 Å². The summed E-state index contributed by atoms with van der Waals surface area (Å²) in [5, 5.41) is 46.3. The van der Waals surface area contributed by atoms with E-state index in [1.807, 2.05) is 0 Å². The van der Waals surface area contributed by atoms with E-state index in [-0.39, 0.29) is 0 Å². The van der Waals surface area contributed by atoms with Crippen LogP contribution in [0.4, 0.5) is 22.9 Å². The molecule has 0 unspecified atom stereocenters. The Labute approximate surface area is 172 Å². The number of nitrogens with zero attached hydrogens (tertiary/aromatic N) is 5. The fourth-order valence-electron chi connectivity index (χ4n) is 3.21. The van der Waals surface area contributed by atoms with Crippen molar-refractivity contribution in [2.45, 2.75) is 5.92 Å². The van der Waals surface area contributed by atoms with E-state index < -0.39 is 54.2 Å². The van der Waals surface area contributed by atoms with E-state index in [1.165, 1.54) is 0 Å². The molecule has 1 aromatic heterocycles. The van der Waals surface area contributed by atoms with E-state index in [0.717, 1.165) is 0 Å². The van der Waals surface area contributed by atoms with Gasteiger partial charge < -0.3 is 10.1 Å². The molecule has 0 spiro atoms. The third kappa shape index (κ3) is 3.87. The maximum Gasteiger partial charge on any atom is 0.451 e. The molecule has 13 heteroatoms. The van der Waals surface area contributed by atoms with Crippen LogP contribution < -0.4 is 0 Å². The predicted molar refractivity (Wildman–Crippen MR) is 105 cm³/mol. The van der Waals surface area contributed by atoms with Crippen molar-refractivity contribution in [3.63, 3.8) is 0 Å². The molecule has 0 radical (unpaired) electrons. The van der Waals surface area contributed by atoms with Crippen LogP contribution in [0.3, 0.4) is 0 Å². The zero-order valence-electron chi connectivity index (χ0n) is 15.4. The lowest BCUT2D eigenvalue weighted by molar-refractivity contribution is -0.454. The molecule has 0 bridgehead atoms. The van der Waals surface area contributed by atoms with Crippen molar-refractivity contribution in [1.29, 1.82) is 0 Å². The summed E-state index contributed by atoms with van der Waals surface area (Å²) in [5.41, 5.74) is -4.39. The van der Waals surface area contributed by atoms with Crippen LogP contribution in [0.25, 0.3) is 0 Å². The Hall–Kier alpha value is -4.81. The van der Waals surface area contributed by atoms with Crippen LogP contribution in [0.2, 0.25) is 0 Å². The highest BCUT2D eigenvalue weighted by Crippen LogP contribution is 2.47. The number of benzene rings is 2. The molecular formula is C18H11N5O8. The molecule has 0 fully saturated rings. The van der Waals surface area contributed by atoms with Gasteiger partial charge in [-0.25, -0.2) is 0 Å². The van der Waals surface area contributed by atoms with E-state index in [9.17, 15) is 40.5 Å². The minimum atomic E-state index is -1.65. The first-order valence-corrected chi connectivity index (χ1v) is 8.49. The second-order valence-electron chi connectivity index (χ2n) is 6.15. The monoisotopic (exact) mass is 425 g/mol. The molecule has 31 heavy (non-hydrogen) atoms. The van der Waals surface area contributed by atoms with Crippen LogP contribution in [0, 0.1) is 40.5 Å². The number of pyridine rings is 1. The van der Waals surface area contributed by atoms with Crippen molar-refractivity contribution in [1.82, 2.24) is 4.98 Å². The molecule has 0 aliphatic carbocycles. The van der Waals surface area contributed by atoms with E-state index >= 15 is 0 Å². The molecule has 0 saturated carbocycles. The molecule has 0 N–H and O–H groups in total. The fourth-order valence-corrected chi connectivity index (χ4v) is 3.21. The molecule has 0 aliphatic rings. The maximum absolute atomic E-state index is 11.8. The largest absolute Gasteiger partial charge is 0.451 e. The number of aromatic nitrogens is 1. The summed E-state index contributed by atoms with van der Waals surface area (Å²) >= 11 is 0. The highest BCUT2D eigenvalue weighted by atomic mass is 16.7. The first-order valence-electron chi connectivity index (χ1n) is 8.49. The zero-order chi connectivity index (χ0) is 22.7. The fraction of sp³-hybridized carbons (Fsp3) is 0.0556. The minimum Gasteiger partial charge on any atom is -0.358 e. The first kappa shape index (κ1) is 20.9. The Morgan fingerprint density at radius 3 is 1.35 bits per heavy atom. The van der Waals surface area contributed by atoms with Gasteiger partial charge in [-0.15, -0.1) is 0 Å². The molecule has 13 nitrogen and oxygen atoms in total. The highest BCUT2D eigenvalue weighted by Gasteiger charge is 2.51. The second kappa shape index (κ2) is 8.28. The van der Waals surface area contributed by atoms with Gasteiger partial charge in [0.2, 0.25) is 5.69 Å². The Balaban J connectivity index is 2.53. The van der Waals surface area contributed by atoms with Crippen molar-refractivity contribution in [3.05, 3.63) is 118 Å². The Morgan fingerprint density at radius 2 is 1.00 bits per heavy atom. The maximum atomic E-state index is 11.8. The van der Waals surface area contributed by atoms with Crippen molar-refractivity contribution in [3.8, 4) is 0 Å². The summed E-state index contributed by atoms with van der Waals surface area (Å²) in [5.74, 6) is -2.59. The molecule has 2 aromatic carbocycles. The van der Waals surface area contributed by atoms with Gasteiger partial charge in [0.25, 0.3) is 0 Å². The van der Waals surface area contributed by atoms with Crippen molar-refractivity contribution < 1.29 is 19.7 Å². The molecule has 3 rings (SSSR count). The van der Waals surface area contributed by atoms with Gasteiger partial charge >= 0.3 is 22.9 Å². The normalized spacial score (nSPS) is 10.6. The lowest BCUT2D eigenvalue weighted by atomic mass is 9.87. The quantitative estimate of drug-likeness (QED) is 0.399. The standard InChI is InChI=1S/C18H11N5O8/c24-20(25)15-14(19-18(23(30)31)17(22(28)29)16(15)21(26)27)13(11-7-3-1-4-8-11)12-9-5-2-6-10-12/h1-10,13H. The topological polar surface area (TPSA) is 185 Å². The van der Waals surface area contributed by atoms with Gasteiger partial charge in [-0.1, -0.05) is 60.7 Å². The van der Waals surface area contributed by atoms with Crippen LogP contribution >= 0.6 is 0 Å². The molecule has 156 valence electrons. The molecule has 0 amide bonds. The lowest BCUT2D eigenvalue weighted by Gasteiger charge is -2.15. The first-order chi connectivity index (χ1) is 14.7. The van der Waals surface area contributed by atoms with Crippen molar-refractivity contribution in [2.24, 2.45) is 0 Å². The predicted octanol–water partition coefficient (Wildman–Crippen LogP) is 3.89.